The molecule has 0 spiro atoms. The number of nitriles is 1. The van der Waals surface area contributed by atoms with Crippen LogP contribution >= 0.6 is 0 Å². The number of methoxy groups -OCH3 is 1. The molecule has 1 heterocycles. The van der Waals surface area contributed by atoms with Gasteiger partial charge in [0.05, 0.1) is 18.7 Å². The molecule has 0 saturated heterocycles. The summed E-state index contributed by atoms with van der Waals surface area (Å²) >= 11 is 0. The van der Waals surface area contributed by atoms with Crippen LogP contribution in [0, 0.1) is 11.3 Å². The van der Waals surface area contributed by atoms with E-state index in [4.69, 9.17) is 10.00 Å². The van der Waals surface area contributed by atoms with Gasteiger partial charge in [-0.3, -0.25) is 0 Å². The molecule has 0 aliphatic rings. The SMILES string of the molecule is COC(=O)c1cn(Cc2ccccc2)c(-c2ccc(C#N)cc2)n1. The second kappa shape index (κ2) is 6.80. The third-order valence-corrected chi connectivity index (χ3v) is 3.64. The van der Waals surface area contributed by atoms with E-state index in [1.165, 1.54) is 7.11 Å². The summed E-state index contributed by atoms with van der Waals surface area (Å²) in [7, 11) is 1.33. The van der Waals surface area contributed by atoms with Crippen molar-refractivity contribution in [2.45, 2.75) is 6.54 Å². The van der Waals surface area contributed by atoms with Crippen molar-refractivity contribution in [2.75, 3.05) is 7.11 Å². The standard InChI is InChI=1S/C19H15N3O2/c1-24-19(23)17-13-22(12-15-5-3-2-4-6-15)18(21-17)16-9-7-14(11-20)8-10-16/h2-10,13H,12H2,1H3. The van der Waals surface area contributed by atoms with Crippen molar-refractivity contribution in [3.8, 4) is 17.5 Å². The molecule has 0 N–H and O–H groups in total. The molecule has 0 unspecified atom stereocenters. The number of carbonyl (C=O) groups excluding carboxylic acids is 1. The minimum Gasteiger partial charge on any atom is -0.464 e. The van der Waals surface area contributed by atoms with Crippen molar-refractivity contribution >= 4 is 5.97 Å². The maximum absolute atomic E-state index is 11.8. The number of ether oxygens (including phenoxy) is 1. The van der Waals surface area contributed by atoms with Crippen LogP contribution in [0.15, 0.2) is 60.8 Å². The highest BCUT2D eigenvalue weighted by atomic mass is 16.5. The van der Waals surface area contributed by atoms with Gasteiger partial charge in [-0.2, -0.15) is 5.26 Å². The van der Waals surface area contributed by atoms with E-state index in [9.17, 15) is 4.79 Å². The molecule has 0 saturated carbocycles. The zero-order chi connectivity index (χ0) is 16.9. The fourth-order valence-electron chi connectivity index (χ4n) is 2.44. The van der Waals surface area contributed by atoms with Crippen molar-refractivity contribution in [1.82, 2.24) is 9.55 Å². The van der Waals surface area contributed by atoms with Crippen LogP contribution in [0.25, 0.3) is 11.4 Å². The fourth-order valence-corrected chi connectivity index (χ4v) is 2.44. The van der Waals surface area contributed by atoms with E-state index >= 15 is 0 Å². The molecule has 3 rings (SSSR count). The number of esters is 1. The summed E-state index contributed by atoms with van der Waals surface area (Å²) in [6.45, 7) is 0.584. The molecule has 0 radical (unpaired) electrons. The van der Waals surface area contributed by atoms with Gasteiger partial charge in [0.2, 0.25) is 0 Å². The van der Waals surface area contributed by atoms with Gasteiger partial charge in [-0.15, -0.1) is 0 Å². The first-order chi connectivity index (χ1) is 11.7. The summed E-state index contributed by atoms with van der Waals surface area (Å²) in [4.78, 5) is 16.2. The molecule has 5 nitrogen and oxygen atoms in total. The van der Waals surface area contributed by atoms with E-state index < -0.39 is 5.97 Å². The first kappa shape index (κ1) is 15.5. The molecule has 0 bridgehead atoms. The van der Waals surface area contributed by atoms with E-state index in [-0.39, 0.29) is 5.69 Å². The highest BCUT2D eigenvalue weighted by molar-refractivity contribution is 5.87. The van der Waals surface area contributed by atoms with Crippen LogP contribution in [0.4, 0.5) is 0 Å². The lowest BCUT2D eigenvalue weighted by Crippen LogP contribution is -2.01. The van der Waals surface area contributed by atoms with Crippen LogP contribution in [0.3, 0.4) is 0 Å². The van der Waals surface area contributed by atoms with Crippen LogP contribution in [-0.4, -0.2) is 22.6 Å². The second-order valence-corrected chi connectivity index (χ2v) is 5.24. The van der Waals surface area contributed by atoms with E-state index in [0.717, 1.165) is 11.1 Å². The molecule has 0 amide bonds. The highest BCUT2D eigenvalue weighted by Crippen LogP contribution is 2.21. The van der Waals surface area contributed by atoms with Crippen molar-refractivity contribution < 1.29 is 9.53 Å². The maximum Gasteiger partial charge on any atom is 0.358 e. The summed E-state index contributed by atoms with van der Waals surface area (Å²) in [6.07, 6.45) is 1.69. The number of hydrogen-bond donors (Lipinski definition) is 0. The monoisotopic (exact) mass is 317 g/mol. The van der Waals surface area contributed by atoms with Gasteiger partial charge in [0.15, 0.2) is 5.69 Å². The Bertz CT molecular complexity index is 891. The van der Waals surface area contributed by atoms with Crippen molar-refractivity contribution in [2.24, 2.45) is 0 Å². The number of hydrogen-bond acceptors (Lipinski definition) is 4. The molecule has 0 aliphatic heterocycles. The van der Waals surface area contributed by atoms with E-state index in [2.05, 4.69) is 11.1 Å². The minimum absolute atomic E-state index is 0.257. The number of benzene rings is 2. The molecular weight excluding hydrogens is 302 g/mol. The van der Waals surface area contributed by atoms with Gasteiger partial charge in [-0.1, -0.05) is 30.3 Å². The highest BCUT2D eigenvalue weighted by Gasteiger charge is 2.16. The molecule has 0 atom stereocenters. The van der Waals surface area contributed by atoms with E-state index in [1.807, 2.05) is 47.0 Å². The van der Waals surface area contributed by atoms with Crippen LogP contribution in [-0.2, 0) is 11.3 Å². The second-order valence-electron chi connectivity index (χ2n) is 5.24. The number of nitrogens with zero attached hydrogens (tertiary/aromatic N) is 3. The fraction of sp³-hybridized carbons (Fsp3) is 0.105. The molecule has 5 heteroatoms. The van der Waals surface area contributed by atoms with Gasteiger partial charge < -0.3 is 9.30 Å². The van der Waals surface area contributed by atoms with Crippen LogP contribution in [0.5, 0.6) is 0 Å². The van der Waals surface area contributed by atoms with Gasteiger partial charge in [0.25, 0.3) is 0 Å². The van der Waals surface area contributed by atoms with E-state index in [0.29, 0.717) is 17.9 Å². The number of imidazole rings is 1. The van der Waals surface area contributed by atoms with Crippen LogP contribution < -0.4 is 0 Å². The van der Waals surface area contributed by atoms with E-state index in [1.54, 1.807) is 18.3 Å². The maximum atomic E-state index is 11.8. The summed E-state index contributed by atoms with van der Waals surface area (Å²) in [5.74, 6) is 0.181. The van der Waals surface area contributed by atoms with Crippen LogP contribution in [0.2, 0.25) is 0 Å². The lowest BCUT2D eigenvalue weighted by atomic mass is 10.1. The Labute approximate surface area is 139 Å². The Kier molecular flexibility index (Phi) is 4.39. The molecule has 2 aromatic carbocycles. The molecule has 24 heavy (non-hydrogen) atoms. The molecule has 3 aromatic rings. The first-order valence-electron chi connectivity index (χ1n) is 7.41. The van der Waals surface area contributed by atoms with Crippen molar-refractivity contribution in [1.29, 1.82) is 5.26 Å². The first-order valence-corrected chi connectivity index (χ1v) is 7.41. The smallest absolute Gasteiger partial charge is 0.358 e. The van der Waals surface area contributed by atoms with Gasteiger partial charge in [-0.25, -0.2) is 9.78 Å². The Morgan fingerprint density at radius 2 is 1.88 bits per heavy atom. The average molecular weight is 317 g/mol. The normalized spacial score (nSPS) is 10.2. The lowest BCUT2D eigenvalue weighted by molar-refractivity contribution is 0.0594. The molecular formula is C19H15N3O2. The number of rotatable bonds is 4. The third-order valence-electron chi connectivity index (χ3n) is 3.64. The van der Waals surface area contributed by atoms with Gasteiger partial charge in [-0.05, 0) is 29.8 Å². The third kappa shape index (κ3) is 3.18. The molecule has 1 aromatic heterocycles. The topological polar surface area (TPSA) is 67.9 Å². The van der Waals surface area contributed by atoms with Crippen LogP contribution in [0.1, 0.15) is 21.6 Å². The summed E-state index contributed by atoms with van der Waals surface area (Å²) in [5.41, 5.74) is 2.77. The number of carbonyl (C=O) groups is 1. The van der Waals surface area contributed by atoms with Gasteiger partial charge >= 0.3 is 5.97 Å². The molecule has 0 fully saturated rings. The Morgan fingerprint density at radius 3 is 2.50 bits per heavy atom. The zero-order valence-corrected chi connectivity index (χ0v) is 13.1. The Morgan fingerprint density at radius 1 is 1.17 bits per heavy atom. The molecule has 118 valence electrons. The quantitative estimate of drug-likeness (QED) is 0.693. The predicted molar refractivity (Wildman–Crippen MR) is 89.3 cm³/mol. The van der Waals surface area contributed by atoms with Gasteiger partial charge in [0, 0.05) is 18.3 Å². The Balaban J connectivity index is 2.03. The summed E-state index contributed by atoms with van der Waals surface area (Å²) < 4.78 is 6.68. The predicted octanol–water partition coefficient (Wildman–Crippen LogP) is 3.26. The lowest BCUT2D eigenvalue weighted by Gasteiger charge is -2.08. The van der Waals surface area contributed by atoms with Gasteiger partial charge in [0.1, 0.15) is 5.82 Å². The van der Waals surface area contributed by atoms with Crippen molar-refractivity contribution in [3.05, 3.63) is 77.6 Å². The largest absolute Gasteiger partial charge is 0.464 e. The number of aromatic nitrogens is 2. The molecule has 0 aliphatic carbocycles. The minimum atomic E-state index is -0.475. The Hall–Kier alpha value is -3.39. The zero-order valence-electron chi connectivity index (χ0n) is 13.1. The van der Waals surface area contributed by atoms with Crippen molar-refractivity contribution in [3.63, 3.8) is 0 Å². The average Bonchev–Trinajstić information content (AvgIpc) is 3.05. The summed E-state index contributed by atoms with van der Waals surface area (Å²) in [5, 5.41) is 8.93. The summed E-state index contributed by atoms with van der Waals surface area (Å²) in [6, 6.07) is 19.1.